The Bertz CT molecular complexity index is 837. The van der Waals surface area contributed by atoms with Crippen LogP contribution < -0.4 is 5.32 Å². The van der Waals surface area contributed by atoms with E-state index in [1.165, 1.54) is 6.07 Å². The van der Waals surface area contributed by atoms with Gasteiger partial charge in [-0.2, -0.15) is 11.8 Å². The Hall–Kier alpha value is -1.38. The normalized spacial score (nSPS) is 16.4. The highest BCUT2D eigenvalue weighted by Crippen LogP contribution is 2.25. The van der Waals surface area contributed by atoms with E-state index in [0.717, 1.165) is 11.5 Å². The van der Waals surface area contributed by atoms with Crippen molar-refractivity contribution >= 4 is 38.4 Å². The highest BCUT2D eigenvalue weighted by atomic mass is 32.2. The molecular formula is C16H20FN3O2S2. The van der Waals surface area contributed by atoms with E-state index in [2.05, 4.69) is 10.3 Å². The molecule has 0 unspecified atom stereocenters. The molecule has 2 aromatic rings. The number of para-hydroxylation sites is 1. The number of thioether (sulfide) groups is 1. The van der Waals surface area contributed by atoms with Crippen molar-refractivity contribution in [1.82, 2.24) is 9.29 Å². The minimum absolute atomic E-state index is 0.0237. The topological polar surface area (TPSA) is 62.3 Å². The van der Waals surface area contributed by atoms with Gasteiger partial charge in [0.05, 0.1) is 5.75 Å². The fourth-order valence-corrected chi connectivity index (χ4v) is 5.25. The number of rotatable bonds is 5. The molecule has 0 radical (unpaired) electrons. The number of hydrogen-bond donors (Lipinski definition) is 1. The van der Waals surface area contributed by atoms with Gasteiger partial charge in [-0.05, 0) is 19.1 Å². The molecule has 1 saturated heterocycles. The summed E-state index contributed by atoms with van der Waals surface area (Å²) in [6, 6.07) is 6.59. The summed E-state index contributed by atoms with van der Waals surface area (Å²) in [6.07, 6.45) is 0. The minimum atomic E-state index is -3.26. The van der Waals surface area contributed by atoms with Crippen molar-refractivity contribution in [3.63, 3.8) is 0 Å². The fraction of sp³-hybridized carbons (Fsp3) is 0.438. The van der Waals surface area contributed by atoms with Crippen LogP contribution in [0.4, 0.5) is 10.1 Å². The van der Waals surface area contributed by atoms with Crippen LogP contribution in [-0.4, -0.2) is 54.6 Å². The van der Waals surface area contributed by atoms with Crippen molar-refractivity contribution in [2.24, 2.45) is 0 Å². The number of halogens is 1. The van der Waals surface area contributed by atoms with Crippen molar-refractivity contribution in [2.75, 3.05) is 42.2 Å². The summed E-state index contributed by atoms with van der Waals surface area (Å²) in [7, 11) is -3.26. The molecule has 1 N–H and O–H groups in total. The number of fused-ring (bicyclic) bond motifs is 1. The van der Waals surface area contributed by atoms with Crippen molar-refractivity contribution in [3.8, 4) is 0 Å². The lowest BCUT2D eigenvalue weighted by atomic mass is 10.1. The third kappa shape index (κ3) is 3.81. The summed E-state index contributed by atoms with van der Waals surface area (Å²) in [5.41, 5.74) is 1.70. The second-order valence-corrected chi connectivity index (χ2v) is 9.01. The lowest BCUT2D eigenvalue weighted by molar-refractivity contribution is 0.444. The van der Waals surface area contributed by atoms with Crippen molar-refractivity contribution < 1.29 is 12.8 Å². The number of anilines is 1. The molecule has 24 heavy (non-hydrogen) atoms. The zero-order valence-electron chi connectivity index (χ0n) is 13.5. The number of aryl methyl sites for hydroxylation is 1. The van der Waals surface area contributed by atoms with Gasteiger partial charge in [-0.3, -0.25) is 0 Å². The second kappa shape index (κ2) is 7.25. The Balaban J connectivity index is 1.73. The molecule has 130 valence electrons. The lowest BCUT2D eigenvalue weighted by Gasteiger charge is -2.25. The van der Waals surface area contributed by atoms with Gasteiger partial charge in [-0.1, -0.05) is 12.1 Å². The van der Waals surface area contributed by atoms with Crippen LogP contribution in [-0.2, 0) is 10.0 Å². The van der Waals surface area contributed by atoms with Gasteiger partial charge in [-0.25, -0.2) is 22.1 Å². The van der Waals surface area contributed by atoms with Gasteiger partial charge in [0, 0.05) is 47.9 Å². The number of nitrogens with one attached hydrogen (secondary N) is 1. The van der Waals surface area contributed by atoms with Gasteiger partial charge >= 0.3 is 0 Å². The summed E-state index contributed by atoms with van der Waals surface area (Å²) in [5, 5.41) is 3.79. The average Bonchev–Trinajstić information content (AvgIpc) is 2.56. The van der Waals surface area contributed by atoms with Crippen LogP contribution in [0.5, 0.6) is 0 Å². The Kier molecular flexibility index (Phi) is 5.27. The molecule has 1 fully saturated rings. The zero-order chi connectivity index (χ0) is 17.2. The van der Waals surface area contributed by atoms with Gasteiger partial charge in [0.15, 0.2) is 0 Å². The van der Waals surface area contributed by atoms with Crippen LogP contribution in [0.3, 0.4) is 0 Å². The fourth-order valence-electron chi connectivity index (χ4n) is 2.76. The van der Waals surface area contributed by atoms with Crippen LogP contribution in [0, 0.1) is 12.7 Å². The molecule has 0 saturated carbocycles. The van der Waals surface area contributed by atoms with Crippen molar-refractivity contribution in [3.05, 3.63) is 35.8 Å². The number of sulfonamides is 1. The van der Waals surface area contributed by atoms with Crippen LogP contribution in [0.25, 0.3) is 10.9 Å². The number of nitrogens with zero attached hydrogens (tertiary/aromatic N) is 2. The molecule has 0 bridgehead atoms. The predicted octanol–water partition coefficient (Wildman–Crippen LogP) is 2.47. The van der Waals surface area contributed by atoms with E-state index in [1.54, 1.807) is 35.1 Å². The first-order valence-electron chi connectivity index (χ1n) is 7.83. The van der Waals surface area contributed by atoms with E-state index in [0.29, 0.717) is 35.4 Å². The second-order valence-electron chi connectivity index (χ2n) is 5.70. The molecule has 1 aromatic carbocycles. The first-order chi connectivity index (χ1) is 11.5. The molecular weight excluding hydrogens is 349 g/mol. The summed E-state index contributed by atoms with van der Waals surface area (Å²) < 4.78 is 40.2. The molecule has 1 aliphatic heterocycles. The molecule has 8 heteroatoms. The Morgan fingerprint density at radius 1 is 1.33 bits per heavy atom. The molecule has 1 aliphatic rings. The molecule has 1 aromatic heterocycles. The molecule has 0 aliphatic carbocycles. The highest BCUT2D eigenvalue weighted by molar-refractivity contribution is 7.99. The molecule has 3 rings (SSSR count). The van der Waals surface area contributed by atoms with Gasteiger partial charge < -0.3 is 5.32 Å². The number of hydrogen-bond acceptors (Lipinski definition) is 5. The van der Waals surface area contributed by atoms with Gasteiger partial charge in [0.25, 0.3) is 0 Å². The number of pyridine rings is 1. The molecule has 0 amide bonds. The Morgan fingerprint density at radius 3 is 2.83 bits per heavy atom. The summed E-state index contributed by atoms with van der Waals surface area (Å²) >= 11 is 1.78. The highest BCUT2D eigenvalue weighted by Gasteiger charge is 2.23. The summed E-state index contributed by atoms with van der Waals surface area (Å²) in [4.78, 5) is 4.22. The van der Waals surface area contributed by atoms with E-state index in [4.69, 9.17) is 0 Å². The Labute approximate surface area is 145 Å². The SMILES string of the molecule is Cc1cc(NCCS(=O)(=O)N2CCSCC2)c2cccc(F)c2n1. The standard InChI is InChI=1S/C16H20FN3O2S2/c1-12-11-15(13-3-2-4-14(17)16(13)19-12)18-5-10-24(21,22)20-6-8-23-9-7-20/h2-4,11H,5-10H2,1H3,(H,18,19). The largest absolute Gasteiger partial charge is 0.383 e. The van der Waals surface area contributed by atoms with E-state index < -0.39 is 10.0 Å². The van der Waals surface area contributed by atoms with E-state index in [1.807, 2.05) is 6.07 Å². The molecule has 0 spiro atoms. The van der Waals surface area contributed by atoms with Gasteiger partial charge in [-0.15, -0.1) is 0 Å². The molecule has 0 atom stereocenters. The van der Waals surface area contributed by atoms with Crippen LogP contribution in [0.1, 0.15) is 5.69 Å². The third-order valence-corrected chi connectivity index (χ3v) is 6.77. The monoisotopic (exact) mass is 369 g/mol. The quantitative estimate of drug-likeness (QED) is 0.877. The number of benzene rings is 1. The summed E-state index contributed by atoms with van der Waals surface area (Å²) in [5.74, 6) is 1.34. The third-order valence-electron chi connectivity index (χ3n) is 3.96. The van der Waals surface area contributed by atoms with E-state index in [-0.39, 0.29) is 18.1 Å². The smallest absolute Gasteiger partial charge is 0.215 e. The first-order valence-corrected chi connectivity index (χ1v) is 10.6. The maximum absolute atomic E-state index is 13.9. The van der Waals surface area contributed by atoms with Gasteiger partial charge in [0.1, 0.15) is 11.3 Å². The first kappa shape index (κ1) is 17.4. The van der Waals surface area contributed by atoms with E-state index in [9.17, 15) is 12.8 Å². The molecule has 2 heterocycles. The average molecular weight is 369 g/mol. The van der Waals surface area contributed by atoms with E-state index >= 15 is 0 Å². The number of aromatic nitrogens is 1. The van der Waals surface area contributed by atoms with Crippen LogP contribution >= 0.6 is 11.8 Å². The van der Waals surface area contributed by atoms with Gasteiger partial charge in [0.2, 0.25) is 10.0 Å². The zero-order valence-corrected chi connectivity index (χ0v) is 15.1. The maximum atomic E-state index is 13.9. The van der Waals surface area contributed by atoms with Crippen LogP contribution in [0.2, 0.25) is 0 Å². The minimum Gasteiger partial charge on any atom is -0.383 e. The van der Waals surface area contributed by atoms with Crippen molar-refractivity contribution in [1.29, 1.82) is 0 Å². The predicted molar refractivity (Wildman–Crippen MR) is 97.6 cm³/mol. The van der Waals surface area contributed by atoms with Crippen molar-refractivity contribution in [2.45, 2.75) is 6.92 Å². The Morgan fingerprint density at radius 2 is 2.08 bits per heavy atom. The lowest BCUT2D eigenvalue weighted by Crippen LogP contribution is -2.40. The molecule has 5 nitrogen and oxygen atoms in total. The van der Waals surface area contributed by atoms with Crippen LogP contribution in [0.15, 0.2) is 24.3 Å². The maximum Gasteiger partial charge on any atom is 0.215 e. The summed E-state index contributed by atoms with van der Waals surface area (Å²) in [6.45, 7) is 3.23.